The molecule has 0 aliphatic carbocycles. The molecule has 3 heteroatoms. The van der Waals surface area contributed by atoms with Crippen LogP contribution in [0.5, 0.6) is 0 Å². The molecule has 1 aliphatic rings. The third-order valence-corrected chi connectivity index (χ3v) is 2.92. The van der Waals surface area contributed by atoms with E-state index in [4.69, 9.17) is 8.54 Å². The van der Waals surface area contributed by atoms with Gasteiger partial charge in [0.25, 0.3) is 0 Å². The van der Waals surface area contributed by atoms with E-state index in [0.29, 0.717) is 0 Å². The van der Waals surface area contributed by atoms with Crippen LogP contribution in [0.3, 0.4) is 0 Å². The number of allylic oxidation sites excluding steroid dienone is 2. The second kappa shape index (κ2) is 3.80. The fraction of sp³-hybridized carbons (Fsp3) is 0.182. The topological polar surface area (TPSA) is 20.5 Å². The summed E-state index contributed by atoms with van der Waals surface area (Å²) in [6.45, 7) is 3.98. The summed E-state index contributed by atoms with van der Waals surface area (Å²) in [5.41, 5.74) is 2.19. The molecule has 0 fully saturated rings. The lowest BCUT2D eigenvalue weighted by Crippen LogP contribution is -2.15. The first-order chi connectivity index (χ1) is 6.79. The third-order valence-electron chi connectivity index (χ3n) is 2.24. The first-order valence-corrected chi connectivity index (χ1v) is 5.29. The van der Waals surface area contributed by atoms with Gasteiger partial charge >= 0.3 is 15.8 Å². The van der Waals surface area contributed by atoms with Gasteiger partial charge in [0.15, 0.2) is 0 Å². The molecule has 0 saturated heterocycles. The quantitative estimate of drug-likeness (QED) is 0.506. The van der Waals surface area contributed by atoms with Crippen molar-refractivity contribution in [2.24, 2.45) is 0 Å². The van der Waals surface area contributed by atoms with E-state index in [1.54, 1.807) is 0 Å². The predicted octanol–water partition coefficient (Wildman–Crippen LogP) is 2.26. The highest BCUT2D eigenvalue weighted by atomic mass is 28.2. The maximum Gasteiger partial charge on any atom is 1.02 e. The van der Waals surface area contributed by atoms with Gasteiger partial charge in [0.05, 0.1) is 16.9 Å². The van der Waals surface area contributed by atoms with Crippen molar-refractivity contribution < 1.29 is 8.54 Å². The van der Waals surface area contributed by atoms with Gasteiger partial charge in [-0.25, -0.2) is 0 Å². The van der Waals surface area contributed by atoms with Gasteiger partial charge in [-0.3, -0.25) is 0 Å². The summed E-state index contributed by atoms with van der Waals surface area (Å²) < 4.78 is 10.8. The maximum absolute atomic E-state index is 5.51. The number of ketones is 1. The normalized spacial score (nSPS) is 16.3. The first kappa shape index (κ1) is 9.21. The summed E-state index contributed by atoms with van der Waals surface area (Å²) in [6, 6.07) is 10.1. The minimum Gasteiger partial charge on any atom is -0.464 e. The van der Waals surface area contributed by atoms with E-state index < -0.39 is 0 Å². The van der Waals surface area contributed by atoms with Crippen LogP contribution in [0.1, 0.15) is 23.5 Å². The molecule has 1 aliphatic heterocycles. The van der Waals surface area contributed by atoms with Crippen LogP contribution in [0.25, 0.3) is 0 Å². The van der Waals surface area contributed by atoms with Gasteiger partial charge in [-0.2, -0.15) is 0 Å². The third kappa shape index (κ3) is 1.63. The van der Waals surface area contributed by atoms with Crippen LogP contribution in [-0.2, 0) is 4.43 Å². The van der Waals surface area contributed by atoms with Crippen molar-refractivity contribution in [2.45, 2.75) is 13.8 Å². The maximum atomic E-state index is 5.51. The molecule has 0 spiro atoms. The Morgan fingerprint density at radius 3 is 2.57 bits per heavy atom. The Morgan fingerprint density at radius 1 is 1.14 bits per heavy atom. The van der Waals surface area contributed by atoms with Gasteiger partial charge in [-0.1, -0.05) is 18.2 Å². The average molecular weight is 203 g/mol. The Balaban J connectivity index is 2.41. The van der Waals surface area contributed by atoms with Crippen LogP contribution in [-0.4, -0.2) is 15.8 Å². The SMILES string of the molecule is CC1=C(C)C(c2ccccc2)=[O+][Si]O1. The largest absolute Gasteiger partial charge is 1.02 e. The molecule has 70 valence electrons. The Hall–Kier alpha value is -1.35. The highest BCUT2D eigenvalue weighted by molar-refractivity contribution is 6.23. The highest BCUT2D eigenvalue weighted by Gasteiger charge is 2.29. The van der Waals surface area contributed by atoms with E-state index in [1.165, 1.54) is 0 Å². The van der Waals surface area contributed by atoms with Crippen LogP contribution < -0.4 is 0 Å². The summed E-state index contributed by atoms with van der Waals surface area (Å²) in [5, 5.41) is 0. The van der Waals surface area contributed by atoms with Gasteiger partial charge in [0.2, 0.25) is 0 Å². The number of hydrogen-bond acceptors (Lipinski definition) is 1. The van der Waals surface area contributed by atoms with Crippen LogP contribution in [0.4, 0.5) is 0 Å². The fourth-order valence-electron chi connectivity index (χ4n) is 1.30. The van der Waals surface area contributed by atoms with Gasteiger partial charge < -0.3 is 8.54 Å². The molecule has 1 aromatic carbocycles. The number of hydrogen-bond donors (Lipinski definition) is 0. The number of rotatable bonds is 1. The van der Waals surface area contributed by atoms with Crippen molar-refractivity contribution in [2.75, 3.05) is 0 Å². The molecular formula is C11H11O2Si+. The monoisotopic (exact) mass is 203 g/mol. The van der Waals surface area contributed by atoms with Crippen LogP contribution in [0, 0.1) is 0 Å². The average Bonchev–Trinajstić information content (AvgIpc) is 2.23. The molecule has 0 amide bonds. The zero-order chi connectivity index (χ0) is 9.97. The molecule has 2 rings (SSSR count). The van der Waals surface area contributed by atoms with Crippen molar-refractivity contribution in [3.05, 3.63) is 47.2 Å². The lowest BCUT2D eigenvalue weighted by Gasteiger charge is -2.06. The Labute approximate surface area is 86.0 Å². The molecule has 0 atom stereocenters. The predicted molar refractivity (Wildman–Crippen MR) is 56.0 cm³/mol. The molecule has 0 bridgehead atoms. The van der Waals surface area contributed by atoms with E-state index in [9.17, 15) is 0 Å². The zero-order valence-electron chi connectivity index (χ0n) is 8.20. The van der Waals surface area contributed by atoms with E-state index >= 15 is 0 Å². The fourth-order valence-corrected chi connectivity index (χ4v) is 1.98. The summed E-state index contributed by atoms with van der Waals surface area (Å²) in [5.74, 6) is 1.89. The lowest BCUT2D eigenvalue weighted by atomic mass is 10.0. The molecule has 0 N–H and O–H groups in total. The van der Waals surface area contributed by atoms with E-state index in [0.717, 1.165) is 22.7 Å². The van der Waals surface area contributed by atoms with E-state index in [-0.39, 0.29) is 10.0 Å². The lowest BCUT2D eigenvalue weighted by molar-refractivity contribution is -0.108. The molecular weight excluding hydrogens is 192 g/mol. The zero-order valence-corrected chi connectivity index (χ0v) is 9.20. The molecule has 0 aromatic heterocycles. The summed E-state index contributed by atoms with van der Waals surface area (Å²) in [6.07, 6.45) is 0. The van der Waals surface area contributed by atoms with Crippen LogP contribution >= 0.6 is 0 Å². The van der Waals surface area contributed by atoms with Gasteiger partial charge in [0.1, 0.15) is 0 Å². The summed E-state index contributed by atoms with van der Waals surface area (Å²) >= 11 is 0. The smallest absolute Gasteiger partial charge is 0.464 e. The molecule has 1 heterocycles. The summed E-state index contributed by atoms with van der Waals surface area (Å²) in [7, 11) is 0.0789. The van der Waals surface area contributed by atoms with E-state index in [2.05, 4.69) is 0 Å². The van der Waals surface area contributed by atoms with Crippen molar-refractivity contribution in [3.8, 4) is 0 Å². The molecule has 2 nitrogen and oxygen atoms in total. The van der Waals surface area contributed by atoms with Gasteiger partial charge in [0, 0.05) is 0 Å². The Morgan fingerprint density at radius 2 is 1.86 bits per heavy atom. The van der Waals surface area contributed by atoms with Crippen LogP contribution in [0.2, 0.25) is 0 Å². The van der Waals surface area contributed by atoms with Gasteiger partial charge in [-0.05, 0) is 26.0 Å². The second-order valence-electron chi connectivity index (χ2n) is 3.16. The summed E-state index contributed by atoms with van der Waals surface area (Å²) in [4.78, 5) is 0. The number of carbonyl (C=O) groups excluding carboxylic acids is 1. The van der Waals surface area contributed by atoms with Crippen molar-refractivity contribution >= 4 is 15.8 Å². The highest BCUT2D eigenvalue weighted by Crippen LogP contribution is 2.16. The minimum absolute atomic E-state index is 0.0789. The molecule has 0 unspecified atom stereocenters. The molecule has 2 radical (unpaired) electrons. The van der Waals surface area contributed by atoms with Crippen molar-refractivity contribution in [3.63, 3.8) is 0 Å². The van der Waals surface area contributed by atoms with E-state index in [1.807, 2.05) is 44.2 Å². The van der Waals surface area contributed by atoms with Crippen molar-refractivity contribution in [1.29, 1.82) is 0 Å². The minimum atomic E-state index is 0.0789. The Bertz CT molecular complexity index is 393. The van der Waals surface area contributed by atoms with Crippen molar-refractivity contribution in [1.82, 2.24) is 0 Å². The Kier molecular flexibility index (Phi) is 2.50. The number of benzene rings is 1. The molecule has 14 heavy (non-hydrogen) atoms. The van der Waals surface area contributed by atoms with Gasteiger partial charge in [-0.15, -0.1) is 0 Å². The second-order valence-corrected chi connectivity index (χ2v) is 3.74. The van der Waals surface area contributed by atoms with Crippen LogP contribution in [0.15, 0.2) is 41.7 Å². The molecule has 1 aromatic rings. The first-order valence-electron chi connectivity index (χ1n) is 4.48. The standard InChI is InChI=1S/C11H11O2Si/c1-8-9(2)12-14-13-11(8)10-6-4-3-5-7-10/h3-7H,1-2H3/q+1. The molecule has 0 saturated carbocycles.